The van der Waals surface area contributed by atoms with Crippen LogP contribution in [-0.4, -0.2) is 0 Å². The Bertz CT molecular complexity index is 1380. The Morgan fingerprint density at radius 1 is 0.607 bits per heavy atom. The first-order valence-corrected chi connectivity index (χ1v) is 12.1. The van der Waals surface area contributed by atoms with Crippen molar-refractivity contribution in [1.82, 2.24) is 0 Å². The molecule has 1 atom stereocenters. The van der Waals surface area contributed by atoms with Gasteiger partial charge < -0.3 is 4.42 Å². The van der Waals surface area contributed by atoms with E-state index in [1.807, 2.05) is 35.6 Å². The number of fused-ring (bicyclic) bond motifs is 6. The second-order valence-electron chi connectivity index (χ2n) is 6.84. The van der Waals surface area contributed by atoms with Gasteiger partial charge in [-0.15, -0.1) is 11.3 Å². The molecule has 28 heavy (non-hydrogen) atoms. The topological polar surface area (TPSA) is 13.1 Å². The molecule has 4 heteroatoms. The molecule has 0 aliphatic rings. The maximum atomic E-state index is 7.01. The third kappa shape index (κ3) is 2.49. The summed E-state index contributed by atoms with van der Waals surface area (Å²) in [6, 6.07) is 29.7. The van der Waals surface area contributed by atoms with Crippen molar-refractivity contribution in [1.29, 1.82) is 0 Å². The zero-order valence-electron chi connectivity index (χ0n) is 14.7. The van der Waals surface area contributed by atoms with Crippen molar-refractivity contribution in [3.8, 4) is 0 Å². The van der Waals surface area contributed by atoms with Gasteiger partial charge in [0.2, 0.25) is 0 Å². The molecule has 6 rings (SSSR count). The van der Waals surface area contributed by atoms with Crippen molar-refractivity contribution in [2.24, 2.45) is 0 Å². The SMILES string of the molecule is ClP(c1ccc2oc3ccccc3c2c1)c1ccc2sc3ccccc3c2c1. The summed E-state index contributed by atoms with van der Waals surface area (Å²) in [6.45, 7) is 0. The second kappa shape index (κ2) is 6.32. The Morgan fingerprint density at radius 2 is 1.25 bits per heavy atom. The van der Waals surface area contributed by atoms with Gasteiger partial charge in [-0.1, -0.05) is 53.7 Å². The zero-order chi connectivity index (χ0) is 18.7. The van der Waals surface area contributed by atoms with Crippen LogP contribution in [-0.2, 0) is 0 Å². The molecular weight excluding hydrogens is 403 g/mol. The Hall–Kier alpha value is -2.38. The monoisotopic (exact) mass is 416 g/mol. The highest BCUT2D eigenvalue weighted by Gasteiger charge is 2.15. The van der Waals surface area contributed by atoms with Crippen LogP contribution in [0, 0.1) is 0 Å². The van der Waals surface area contributed by atoms with Crippen LogP contribution in [0.1, 0.15) is 0 Å². The fourth-order valence-corrected chi connectivity index (χ4v) is 6.73. The first-order chi connectivity index (χ1) is 13.8. The van der Waals surface area contributed by atoms with Gasteiger partial charge in [-0.25, -0.2) is 0 Å². The molecule has 4 aromatic carbocycles. The van der Waals surface area contributed by atoms with Gasteiger partial charge in [0, 0.05) is 30.9 Å². The average molecular weight is 417 g/mol. The van der Waals surface area contributed by atoms with E-state index in [1.54, 1.807) is 0 Å². The molecule has 134 valence electrons. The predicted molar refractivity (Wildman–Crippen MR) is 125 cm³/mol. The lowest BCUT2D eigenvalue weighted by molar-refractivity contribution is 0.669. The molecule has 0 amide bonds. The lowest BCUT2D eigenvalue weighted by Crippen LogP contribution is -2.07. The molecule has 6 aromatic rings. The largest absolute Gasteiger partial charge is 0.456 e. The van der Waals surface area contributed by atoms with Crippen molar-refractivity contribution >= 4 is 82.6 Å². The molecule has 1 unspecified atom stereocenters. The molecule has 0 saturated heterocycles. The standard InChI is InChI=1S/C24H14ClOPS/c25-27(15-9-11-22-19(13-15)17-5-1-3-7-21(17)26-22)16-10-12-24-20(14-16)18-6-2-4-8-23(18)28-24/h1-14H. The smallest absolute Gasteiger partial charge is 0.135 e. The van der Waals surface area contributed by atoms with Crippen LogP contribution in [0.5, 0.6) is 0 Å². The minimum absolute atomic E-state index is 0.907. The summed E-state index contributed by atoms with van der Waals surface area (Å²) in [7, 11) is -0.955. The minimum Gasteiger partial charge on any atom is -0.456 e. The highest BCUT2D eigenvalue weighted by molar-refractivity contribution is 7.95. The van der Waals surface area contributed by atoms with E-state index < -0.39 is 7.27 Å². The van der Waals surface area contributed by atoms with Crippen LogP contribution < -0.4 is 10.6 Å². The maximum Gasteiger partial charge on any atom is 0.135 e. The lowest BCUT2D eigenvalue weighted by atomic mass is 10.1. The van der Waals surface area contributed by atoms with Crippen molar-refractivity contribution in [2.75, 3.05) is 0 Å². The summed E-state index contributed by atoms with van der Waals surface area (Å²) in [6.07, 6.45) is 0. The van der Waals surface area contributed by atoms with Gasteiger partial charge in [-0.3, -0.25) is 0 Å². The zero-order valence-corrected chi connectivity index (χ0v) is 17.2. The summed E-state index contributed by atoms with van der Waals surface area (Å²) in [5.74, 6) is 0. The summed E-state index contributed by atoms with van der Waals surface area (Å²) in [5.41, 5.74) is 1.82. The van der Waals surface area contributed by atoms with Crippen molar-refractivity contribution < 1.29 is 4.42 Å². The number of thiophene rings is 1. The third-order valence-corrected chi connectivity index (χ3v) is 8.96. The molecule has 2 aromatic heterocycles. The van der Waals surface area contributed by atoms with Crippen molar-refractivity contribution in [3.05, 3.63) is 84.9 Å². The fourth-order valence-electron chi connectivity index (χ4n) is 3.82. The molecule has 0 radical (unpaired) electrons. The predicted octanol–water partition coefficient (Wildman–Crippen LogP) is 7.54. The Labute approximate surface area is 171 Å². The van der Waals surface area contributed by atoms with Gasteiger partial charge in [-0.05, 0) is 53.1 Å². The quantitative estimate of drug-likeness (QED) is 0.266. The van der Waals surface area contributed by atoms with Gasteiger partial charge in [0.25, 0.3) is 0 Å². The first-order valence-electron chi connectivity index (χ1n) is 9.06. The van der Waals surface area contributed by atoms with Crippen LogP contribution in [0.25, 0.3) is 42.1 Å². The van der Waals surface area contributed by atoms with Gasteiger partial charge in [0.15, 0.2) is 0 Å². The Kier molecular flexibility index (Phi) is 3.74. The Balaban J connectivity index is 1.50. The number of furan rings is 1. The number of hydrogen-bond acceptors (Lipinski definition) is 2. The normalized spacial score (nSPS) is 13.0. The molecule has 0 aliphatic carbocycles. The van der Waals surface area contributed by atoms with E-state index >= 15 is 0 Å². The average Bonchev–Trinajstić information content (AvgIpc) is 3.30. The highest BCUT2D eigenvalue weighted by Crippen LogP contribution is 2.43. The van der Waals surface area contributed by atoms with E-state index in [4.69, 9.17) is 15.7 Å². The maximum absolute atomic E-state index is 7.01. The van der Waals surface area contributed by atoms with Gasteiger partial charge in [0.05, 0.1) is 7.27 Å². The summed E-state index contributed by atoms with van der Waals surface area (Å²) in [4.78, 5) is 0. The summed E-state index contributed by atoms with van der Waals surface area (Å²) >= 11 is 8.84. The lowest BCUT2D eigenvalue weighted by Gasteiger charge is -2.11. The highest BCUT2D eigenvalue weighted by atomic mass is 35.7. The van der Waals surface area contributed by atoms with E-state index in [9.17, 15) is 0 Å². The molecule has 0 spiro atoms. The third-order valence-electron chi connectivity index (χ3n) is 5.17. The van der Waals surface area contributed by atoms with E-state index in [0.29, 0.717) is 0 Å². The summed E-state index contributed by atoms with van der Waals surface area (Å²) in [5, 5.41) is 7.19. The van der Waals surface area contributed by atoms with Crippen LogP contribution in [0.4, 0.5) is 0 Å². The Morgan fingerprint density at radius 3 is 2.14 bits per heavy atom. The first kappa shape index (κ1) is 16.6. The fraction of sp³-hybridized carbons (Fsp3) is 0. The van der Waals surface area contributed by atoms with E-state index in [2.05, 4.69) is 60.7 Å². The van der Waals surface area contributed by atoms with Crippen LogP contribution in [0.15, 0.2) is 89.3 Å². The van der Waals surface area contributed by atoms with Crippen LogP contribution in [0.3, 0.4) is 0 Å². The molecule has 0 N–H and O–H groups in total. The van der Waals surface area contributed by atoms with E-state index in [1.165, 1.54) is 25.5 Å². The number of halogens is 1. The molecule has 0 bridgehead atoms. The summed E-state index contributed by atoms with van der Waals surface area (Å²) < 4.78 is 8.58. The van der Waals surface area contributed by atoms with Gasteiger partial charge >= 0.3 is 0 Å². The molecule has 0 fully saturated rings. The number of para-hydroxylation sites is 1. The number of rotatable bonds is 2. The van der Waals surface area contributed by atoms with Crippen LogP contribution >= 0.6 is 29.9 Å². The van der Waals surface area contributed by atoms with Crippen LogP contribution in [0.2, 0.25) is 0 Å². The number of hydrogen-bond donors (Lipinski definition) is 0. The number of benzene rings is 4. The molecule has 2 heterocycles. The van der Waals surface area contributed by atoms with Gasteiger partial charge in [-0.2, -0.15) is 0 Å². The van der Waals surface area contributed by atoms with E-state index in [0.717, 1.165) is 27.2 Å². The minimum atomic E-state index is -0.955. The van der Waals surface area contributed by atoms with Crippen molar-refractivity contribution in [3.63, 3.8) is 0 Å². The van der Waals surface area contributed by atoms with Crippen molar-refractivity contribution in [2.45, 2.75) is 0 Å². The molecule has 1 nitrogen and oxygen atoms in total. The van der Waals surface area contributed by atoms with E-state index in [-0.39, 0.29) is 0 Å². The van der Waals surface area contributed by atoms with Gasteiger partial charge in [0.1, 0.15) is 11.2 Å². The molecule has 0 saturated carbocycles. The molecule has 0 aliphatic heterocycles. The second-order valence-corrected chi connectivity index (χ2v) is 10.5. The molecular formula is C24H14ClOPS.